The van der Waals surface area contributed by atoms with E-state index >= 15 is 0 Å². The van der Waals surface area contributed by atoms with E-state index in [4.69, 9.17) is 22.1 Å². The van der Waals surface area contributed by atoms with Crippen LogP contribution in [0.15, 0.2) is 18.2 Å². The Bertz CT molecular complexity index is 464. The van der Waals surface area contributed by atoms with Crippen molar-refractivity contribution in [3.8, 4) is 5.75 Å². The van der Waals surface area contributed by atoms with Crippen LogP contribution >= 0.6 is 11.6 Å². The number of hydrogen-bond acceptors (Lipinski definition) is 2. The lowest BCUT2D eigenvalue weighted by molar-refractivity contribution is 0.420. The van der Waals surface area contributed by atoms with Gasteiger partial charge in [0.1, 0.15) is 5.75 Å². The van der Waals surface area contributed by atoms with E-state index in [1.165, 1.54) is 0 Å². The Labute approximate surface area is 86.8 Å². The number of H-pyrrole nitrogens is 1. The molecule has 3 nitrogen and oxygen atoms in total. The molecule has 0 bridgehead atoms. The fourth-order valence-electron chi connectivity index (χ4n) is 1.50. The average Bonchev–Trinajstić information content (AvgIpc) is 2.63. The van der Waals surface area contributed by atoms with Crippen molar-refractivity contribution in [2.45, 2.75) is 6.54 Å². The zero-order valence-electron chi connectivity index (χ0n) is 7.80. The molecule has 0 radical (unpaired) electrons. The van der Waals surface area contributed by atoms with Crippen LogP contribution in [0, 0.1) is 0 Å². The average molecular weight is 211 g/mol. The van der Waals surface area contributed by atoms with Gasteiger partial charge in [0.2, 0.25) is 0 Å². The number of rotatable bonds is 2. The Morgan fingerprint density at radius 3 is 2.93 bits per heavy atom. The van der Waals surface area contributed by atoms with E-state index in [-0.39, 0.29) is 0 Å². The van der Waals surface area contributed by atoms with Crippen molar-refractivity contribution in [2.75, 3.05) is 7.11 Å². The summed E-state index contributed by atoms with van der Waals surface area (Å²) in [6.07, 6.45) is 0. The van der Waals surface area contributed by atoms with Crippen LogP contribution in [0.5, 0.6) is 5.75 Å². The molecule has 4 heteroatoms. The maximum Gasteiger partial charge on any atom is 0.128 e. The van der Waals surface area contributed by atoms with Crippen molar-refractivity contribution in [3.63, 3.8) is 0 Å². The number of nitrogens with two attached hydrogens (primary N) is 1. The molecule has 0 aliphatic carbocycles. The van der Waals surface area contributed by atoms with Gasteiger partial charge in [-0.25, -0.2) is 0 Å². The Morgan fingerprint density at radius 1 is 1.50 bits per heavy atom. The van der Waals surface area contributed by atoms with E-state index in [1.54, 1.807) is 13.2 Å². The molecular weight excluding hydrogens is 200 g/mol. The number of methoxy groups -OCH3 is 1. The second-order valence-electron chi connectivity index (χ2n) is 3.04. The maximum atomic E-state index is 6.03. The van der Waals surface area contributed by atoms with Crippen LogP contribution in [0.2, 0.25) is 5.02 Å². The van der Waals surface area contributed by atoms with Gasteiger partial charge in [-0.1, -0.05) is 11.6 Å². The summed E-state index contributed by atoms with van der Waals surface area (Å²) in [5, 5.41) is 1.65. The highest BCUT2D eigenvalue weighted by molar-refractivity contribution is 6.35. The smallest absolute Gasteiger partial charge is 0.128 e. The quantitative estimate of drug-likeness (QED) is 0.799. The number of aromatic nitrogens is 1. The Morgan fingerprint density at radius 2 is 2.29 bits per heavy atom. The van der Waals surface area contributed by atoms with Crippen LogP contribution in [0.4, 0.5) is 0 Å². The van der Waals surface area contributed by atoms with Crippen molar-refractivity contribution in [3.05, 3.63) is 28.9 Å². The summed E-state index contributed by atoms with van der Waals surface area (Å²) in [6.45, 7) is 0.466. The van der Waals surface area contributed by atoms with Crippen molar-refractivity contribution < 1.29 is 4.74 Å². The first-order valence-electron chi connectivity index (χ1n) is 4.30. The van der Waals surface area contributed by atoms with Gasteiger partial charge in [-0.15, -0.1) is 0 Å². The number of benzene rings is 1. The molecule has 1 aromatic carbocycles. The second-order valence-corrected chi connectivity index (χ2v) is 3.44. The maximum absolute atomic E-state index is 6.03. The summed E-state index contributed by atoms with van der Waals surface area (Å²) in [5.41, 5.74) is 7.37. The summed E-state index contributed by atoms with van der Waals surface area (Å²) in [6, 6.07) is 5.61. The molecule has 0 atom stereocenters. The van der Waals surface area contributed by atoms with Crippen molar-refractivity contribution >= 4 is 22.5 Å². The summed E-state index contributed by atoms with van der Waals surface area (Å²) < 4.78 is 5.22. The van der Waals surface area contributed by atoms with Crippen LogP contribution in [-0.2, 0) is 6.54 Å². The Kier molecular flexibility index (Phi) is 2.35. The topological polar surface area (TPSA) is 51.0 Å². The van der Waals surface area contributed by atoms with Gasteiger partial charge in [0, 0.05) is 17.6 Å². The number of hydrogen-bond donors (Lipinski definition) is 2. The fraction of sp³-hybridized carbons (Fsp3) is 0.200. The number of ether oxygens (including phenoxy) is 1. The van der Waals surface area contributed by atoms with Gasteiger partial charge < -0.3 is 15.5 Å². The Balaban J connectivity index is 2.74. The monoisotopic (exact) mass is 210 g/mol. The summed E-state index contributed by atoms with van der Waals surface area (Å²) in [5.74, 6) is 0.806. The molecule has 0 aliphatic rings. The van der Waals surface area contributed by atoms with Crippen LogP contribution in [0.3, 0.4) is 0 Å². The molecule has 3 N–H and O–H groups in total. The predicted octanol–water partition coefficient (Wildman–Crippen LogP) is 2.29. The number of aromatic amines is 1. The van der Waals surface area contributed by atoms with Gasteiger partial charge in [-0.05, 0) is 18.2 Å². The third kappa shape index (κ3) is 1.35. The predicted molar refractivity (Wildman–Crippen MR) is 57.8 cm³/mol. The zero-order chi connectivity index (χ0) is 10.1. The minimum Gasteiger partial charge on any atom is -0.496 e. The van der Waals surface area contributed by atoms with Crippen molar-refractivity contribution in [2.24, 2.45) is 5.73 Å². The van der Waals surface area contributed by atoms with Gasteiger partial charge >= 0.3 is 0 Å². The standard InChI is InChI=1S/C10H11ClN2O/c1-14-9-3-2-8(11)10-7(9)4-6(5-12)13-10/h2-4,13H,5,12H2,1H3. The zero-order valence-corrected chi connectivity index (χ0v) is 8.56. The lowest BCUT2D eigenvalue weighted by Crippen LogP contribution is -1.95. The highest BCUT2D eigenvalue weighted by atomic mass is 35.5. The fourth-order valence-corrected chi connectivity index (χ4v) is 1.72. The SMILES string of the molecule is COc1ccc(Cl)c2[nH]c(CN)cc12. The van der Waals surface area contributed by atoms with E-state index in [0.717, 1.165) is 22.3 Å². The second kappa shape index (κ2) is 3.52. The van der Waals surface area contributed by atoms with Crippen molar-refractivity contribution in [1.82, 2.24) is 4.98 Å². The molecule has 0 amide bonds. The van der Waals surface area contributed by atoms with Gasteiger partial charge in [-0.2, -0.15) is 0 Å². The van der Waals surface area contributed by atoms with Crippen LogP contribution in [0.25, 0.3) is 10.9 Å². The number of fused-ring (bicyclic) bond motifs is 1. The molecule has 0 unspecified atom stereocenters. The number of nitrogens with one attached hydrogen (secondary N) is 1. The Hall–Kier alpha value is -1.19. The van der Waals surface area contributed by atoms with Gasteiger partial charge in [0.25, 0.3) is 0 Å². The number of halogens is 1. The summed E-state index contributed by atoms with van der Waals surface area (Å²) in [4.78, 5) is 3.15. The van der Waals surface area contributed by atoms with Crippen LogP contribution in [-0.4, -0.2) is 12.1 Å². The van der Waals surface area contributed by atoms with Gasteiger partial charge in [-0.3, -0.25) is 0 Å². The molecule has 74 valence electrons. The first-order valence-corrected chi connectivity index (χ1v) is 4.68. The molecule has 0 aliphatic heterocycles. The van der Waals surface area contributed by atoms with E-state index in [9.17, 15) is 0 Å². The summed E-state index contributed by atoms with van der Waals surface area (Å²) >= 11 is 6.03. The minimum absolute atomic E-state index is 0.466. The molecule has 2 rings (SSSR count). The van der Waals surface area contributed by atoms with E-state index in [0.29, 0.717) is 11.6 Å². The first kappa shape index (κ1) is 9.37. The highest BCUT2D eigenvalue weighted by Crippen LogP contribution is 2.31. The van der Waals surface area contributed by atoms with Crippen molar-refractivity contribution in [1.29, 1.82) is 0 Å². The highest BCUT2D eigenvalue weighted by Gasteiger charge is 2.08. The largest absolute Gasteiger partial charge is 0.496 e. The van der Waals surface area contributed by atoms with Crippen LogP contribution < -0.4 is 10.5 Å². The molecule has 2 aromatic rings. The molecule has 0 saturated carbocycles. The van der Waals surface area contributed by atoms with Gasteiger partial charge in [0.15, 0.2) is 0 Å². The molecule has 14 heavy (non-hydrogen) atoms. The molecular formula is C10H11ClN2O. The van der Waals surface area contributed by atoms with E-state index < -0.39 is 0 Å². The third-order valence-electron chi connectivity index (χ3n) is 2.20. The summed E-state index contributed by atoms with van der Waals surface area (Å²) in [7, 11) is 1.64. The lowest BCUT2D eigenvalue weighted by atomic mass is 10.2. The van der Waals surface area contributed by atoms with E-state index in [1.807, 2.05) is 12.1 Å². The van der Waals surface area contributed by atoms with Gasteiger partial charge in [0.05, 0.1) is 17.6 Å². The van der Waals surface area contributed by atoms with E-state index in [2.05, 4.69) is 4.98 Å². The molecule has 1 heterocycles. The third-order valence-corrected chi connectivity index (χ3v) is 2.51. The molecule has 0 spiro atoms. The molecule has 0 fully saturated rings. The molecule has 1 aromatic heterocycles. The normalized spacial score (nSPS) is 10.8. The lowest BCUT2D eigenvalue weighted by Gasteiger charge is -2.01. The first-order chi connectivity index (χ1) is 6.76. The molecule has 0 saturated heterocycles. The van der Waals surface area contributed by atoms with Crippen LogP contribution in [0.1, 0.15) is 5.69 Å². The minimum atomic E-state index is 0.466.